The molecule has 5 heteroatoms. The Hall–Kier alpha value is -1.26. The zero-order chi connectivity index (χ0) is 13.8. The Morgan fingerprint density at radius 3 is 2.33 bits per heavy atom. The summed E-state index contributed by atoms with van der Waals surface area (Å²) >= 11 is 0. The van der Waals surface area contributed by atoms with Crippen LogP contribution >= 0.6 is 0 Å². The second-order valence-electron chi connectivity index (χ2n) is 5.69. The first kappa shape index (κ1) is 14.8. The fourth-order valence-electron chi connectivity index (χ4n) is 2.08. The molecular formula is C13H23NO4. The molecule has 18 heavy (non-hydrogen) atoms. The Morgan fingerprint density at radius 2 is 1.78 bits per heavy atom. The van der Waals surface area contributed by atoms with Crippen molar-refractivity contribution in [2.45, 2.75) is 71.1 Å². The smallest absolute Gasteiger partial charge is 0.408 e. The number of rotatable bonds is 2. The monoisotopic (exact) mass is 257 g/mol. The van der Waals surface area contributed by atoms with Crippen molar-refractivity contribution >= 4 is 12.1 Å². The van der Waals surface area contributed by atoms with Crippen molar-refractivity contribution in [2.24, 2.45) is 0 Å². The average molecular weight is 257 g/mol. The third kappa shape index (κ3) is 5.38. The normalized spacial score (nSPS) is 24.2. The maximum atomic E-state index is 11.7. The van der Waals surface area contributed by atoms with Gasteiger partial charge in [0, 0.05) is 6.92 Å². The summed E-state index contributed by atoms with van der Waals surface area (Å²) in [6.45, 7) is 6.84. The highest BCUT2D eigenvalue weighted by Crippen LogP contribution is 2.22. The van der Waals surface area contributed by atoms with Gasteiger partial charge in [-0.25, -0.2) is 4.79 Å². The summed E-state index contributed by atoms with van der Waals surface area (Å²) in [5.74, 6) is -0.308. The second kappa shape index (κ2) is 6.07. The molecule has 0 saturated heterocycles. The molecule has 0 bridgehead atoms. The number of ether oxygens (including phenoxy) is 2. The van der Waals surface area contributed by atoms with Gasteiger partial charge in [-0.2, -0.15) is 0 Å². The van der Waals surface area contributed by atoms with E-state index < -0.39 is 11.7 Å². The van der Waals surface area contributed by atoms with Crippen molar-refractivity contribution in [1.82, 2.24) is 5.32 Å². The lowest BCUT2D eigenvalue weighted by molar-refractivity contribution is -0.149. The second-order valence-corrected chi connectivity index (χ2v) is 5.69. The van der Waals surface area contributed by atoms with Gasteiger partial charge in [-0.05, 0) is 40.0 Å². The number of esters is 1. The van der Waals surface area contributed by atoms with Gasteiger partial charge in [0.15, 0.2) is 0 Å². The summed E-state index contributed by atoms with van der Waals surface area (Å²) in [6, 6.07) is -0.141. The lowest BCUT2D eigenvalue weighted by Gasteiger charge is -2.32. The van der Waals surface area contributed by atoms with E-state index in [0.717, 1.165) is 25.7 Å². The quantitative estimate of drug-likeness (QED) is 0.771. The van der Waals surface area contributed by atoms with Gasteiger partial charge in [-0.1, -0.05) is 6.42 Å². The van der Waals surface area contributed by atoms with E-state index in [0.29, 0.717) is 0 Å². The number of hydrogen-bond donors (Lipinski definition) is 1. The first-order valence-corrected chi connectivity index (χ1v) is 6.44. The summed E-state index contributed by atoms with van der Waals surface area (Å²) in [5.41, 5.74) is -0.518. The maximum absolute atomic E-state index is 11.7. The molecule has 1 rings (SSSR count). The van der Waals surface area contributed by atoms with E-state index in [1.54, 1.807) is 0 Å². The van der Waals surface area contributed by atoms with Crippen LogP contribution in [0.2, 0.25) is 0 Å². The molecule has 0 spiro atoms. The minimum absolute atomic E-state index is 0.141. The predicted octanol–water partition coefficient (Wildman–Crippen LogP) is 2.39. The van der Waals surface area contributed by atoms with Crippen LogP contribution < -0.4 is 5.32 Å². The van der Waals surface area contributed by atoms with E-state index in [9.17, 15) is 9.59 Å². The molecule has 0 unspecified atom stereocenters. The fourth-order valence-corrected chi connectivity index (χ4v) is 2.08. The standard InChI is InChI=1S/C13H23NO4/c1-9(15)17-11-8-6-5-7-10(11)14-12(16)18-13(2,3)4/h10-11H,5-8H2,1-4H3,(H,14,16)/t10-,11+/m1/s1. The summed E-state index contributed by atoms with van der Waals surface area (Å²) < 4.78 is 10.4. The SMILES string of the molecule is CC(=O)O[C@H]1CCCC[C@H]1NC(=O)OC(C)(C)C. The van der Waals surface area contributed by atoms with Crippen LogP contribution in [0.3, 0.4) is 0 Å². The Bertz CT molecular complexity index is 309. The van der Waals surface area contributed by atoms with E-state index in [1.807, 2.05) is 20.8 Å². The van der Waals surface area contributed by atoms with Crippen LogP contribution in [0.15, 0.2) is 0 Å². The third-order valence-electron chi connectivity index (χ3n) is 2.72. The molecule has 1 saturated carbocycles. The molecule has 0 aromatic carbocycles. The summed E-state index contributed by atoms with van der Waals surface area (Å²) in [7, 11) is 0. The van der Waals surface area contributed by atoms with Crippen molar-refractivity contribution in [3.8, 4) is 0 Å². The number of amides is 1. The third-order valence-corrected chi connectivity index (χ3v) is 2.72. The van der Waals surface area contributed by atoms with Crippen LogP contribution in [0.25, 0.3) is 0 Å². The van der Waals surface area contributed by atoms with E-state index >= 15 is 0 Å². The van der Waals surface area contributed by atoms with E-state index in [1.165, 1.54) is 6.92 Å². The number of carbonyl (C=O) groups excluding carboxylic acids is 2. The molecule has 1 aliphatic rings. The van der Waals surface area contributed by atoms with E-state index in [4.69, 9.17) is 9.47 Å². The predicted molar refractivity (Wildman–Crippen MR) is 67.2 cm³/mol. The van der Waals surface area contributed by atoms with Crippen LogP contribution in [0, 0.1) is 0 Å². The number of carbonyl (C=O) groups is 2. The van der Waals surface area contributed by atoms with Gasteiger partial charge in [0.2, 0.25) is 0 Å². The van der Waals surface area contributed by atoms with Crippen LogP contribution in [0.1, 0.15) is 53.4 Å². The molecule has 0 aromatic rings. The van der Waals surface area contributed by atoms with Crippen molar-refractivity contribution in [3.63, 3.8) is 0 Å². The Morgan fingerprint density at radius 1 is 1.17 bits per heavy atom. The fraction of sp³-hybridized carbons (Fsp3) is 0.846. The lowest BCUT2D eigenvalue weighted by atomic mass is 9.92. The van der Waals surface area contributed by atoms with Gasteiger partial charge in [-0.15, -0.1) is 0 Å². The molecule has 104 valence electrons. The number of hydrogen-bond acceptors (Lipinski definition) is 4. The molecule has 0 aliphatic heterocycles. The van der Waals surface area contributed by atoms with Gasteiger partial charge in [-0.3, -0.25) is 4.79 Å². The highest BCUT2D eigenvalue weighted by molar-refractivity contribution is 5.69. The maximum Gasteiger partial charge on any atom is 0.408 e. The first-order valence-electron chi connectivity index (χ1n) is 6.44. The minimum Gasteiger partial charge on any atom is -0.460 e. The average Bonchev–Trinajstić information content (AvgIpc) is 2.17. The van der Waals surface area contributed by atoms with Crippen LogP contribution in [-0.2, 0) is 14.3 Å². The first-order chi connectivity index (χ1) is 8.28. The van der Waals surface area contributed by atoms with Crippen LogP contribution in [0.5, 0.6) is 0 Å². The molecule has 0 heterocycles. The Kier molecular flexibility index (Phi) is 4.99. The molecule has 5 nitrogen and oxygen atoms in total. The minimum atomic E-state index is -0.518. The summed E-state index contributed by atoms with van der Waals surface area (Å²) in [6.07, 6.45) is 2.97. The number of alkyl carbamates (subject to hydrolysis) is 1. The van der Waals surface area contributed by atoms with Crippen molar-refractivity contribution in [1.29, 1.82) is 0 Å². The topological polar surface area (TPSA) is 64.6 Å². The molecule has 2 atom stereocenters. The summed E-state index contributed by atoms with van der Waals surface area (Å²) in [4.78, 5) is 22.7. The lowest BCUT2D eigenvalue weighted by Crippen LogP contribution is -2.48. The van der Waals surface area contributed by atoms with Gasteiger partial charge < -0.3 is 14.8 Å². The molecule has 1 N–H and O–H groups in total. The summed E-state index contributed by atoms with van der Waals surface area (Å²) in [5, 5.41) is 2.79. The molecule has 1 amide bonds. The van der Waals surface area contributed by atoms with Crippen LogP contribution in [-0.4, -0.2) is 29.8 Å². The molecule has 0 radical (unpaired) electrons. The van der Waals surface area contributed by atoms with E-state index in [-0.39, 0.29) is 18.1 Å². The molecule has 1 aliphatic carbocycles. The van der Waals surface area contributed by atoms with Crippen molar-refractivity contribution < 1.29 is 19.1 Å². The Labute approximate surface area is 108 Å². The molecule has 0 aromatic heterocycles. The van der Waals surface area contributed by atoms with Crippen LogP contribution in [0.4, 0.5) is 4.79 Å². The van der Waals surface area contributed by atoms with Gasteiger partial charge in [0.1, 0.15) is 11.7 Å². The molecular weight excluding hydrogens is 234 g/mol. The zero-order valence-electron chi connectivity index (χ0n) is 11.6. The highest BCUT2D eigenvalue weighted by atomic mass is 16.6. The van der Waals surface area contributed by atoms with Gasteiger partial charge >= 0.3 is 12.1 Å². The Balaban J connectivity index is 2.51. The largest absolute Gasteiger partial charge is 0.460 e. The highest BCUT2D eigenvalue weighted by Gasteiger charge is 2.30. The van der Waals surface area contributed by atoms with Gasteiger partial charge in [0.05, 0.1) is 6.04 Å². The van der Waals surface area contributed by atoms with Crippen molar-refractivity contribution in [2.75, 3.05) is 0 Å². The van der Waals surface area contributed by atoms with Crippen molar-refractivity contribution in [3.05, 3.63) is 0 Å². The number of nitrogens with one attached hydrogen (secondary N) is 1. The van der Waals surface area contributed by atoms with E-state index in [2.05, 4.69) is 5.32 Å². The zero-order valence-corrected chi connectivity index (χ0v) is 11.6. The molecule has 1 fully saturated rings. The van der Waals surface area contributed by atoms with Gasteiger partial charge in [0.25, 0.3) is 0 Å².